The highest BCUT2D eigenvalue weighted by atomic mass is 32.2. The third kappa shape index (κ3) is 9.38. The highest BCUT2D eigenvalue weighted by molar-refractivity contribution is 7.89. The maximum Gasteiger partial charge on any atom is 0.252 e. The lowest BCUT2D eigenvalue weighted by atomic mass is 9.99. The van der Waals surface area contributed by atoms with Crippen LogP contribution < -0.4 is 5.43 Å². The number of benzene rings is 3. The van der Waals surface area contributed by atoms with E-state index in [1.807, 2.05) is 73.3 Å². The van der Waals surface area contributed by atoms with Crippen LogP contribution in [0.25, 0.3) is 10.8 Å². The molecular formula is C35H44N4O5S. The molecule has 1 aliphatic rings. The third-order valence-corrected chi connectivity index (χ3v) is 9.77. The minimum atomic E-state index is -4.04. The molecule has 3 aromatic carbocycles. The Balaban J connectivity index is 1.67. The summed E-state index contributed by atoms with van der Waals surface area (Å²) in [6, 6.07) is 20.8. The van der Waals surface area contributed by atoms with Crippen LogP contribution in [0.3, 0.4) is 0 Å². The van der Waals surface area contributed by atoms with Gasteiger partial charge in [-0.15, -0.1) is 12.3 Å². The van der Waals surface area contributed by atoms with Crippen molar-refractivity contribution >= 4 is 32.6 Å². The molecule has 1 saturated heterocycles. The summed E-state index contributed by atoms with van der Waals surface area (Å²) in [4.78, 5) is 28.9. The SMILES string of the molecule is C#CCCC(=O)N(NC(=O)CN1CCCC1)[C@@H](Cc1ccccc1)[C@H](O)CN(CC(C)C)S(=O)(=O)c1ccc2ccccc2c1. The van der Waals surface area contributed by atoms with Crippen LogP contribution in [0.5, 0.6) is 0 Å². The second kappa shape index (κ2) is 16.0. The normalized spacial score (nSPS) is 15.2. The second-order valence-electron chi connectivity index (χ2n) is 12.0. The molecule has 0 spiro atoms. The number of nitrogens with zero attached hydrogens (tertiary/aromatic N) is 3. The first-order valence-electron chi connectivity index (χ1n) is 15.6. The Hall–Kier alpha value is -3.75. The number of fused-ring (bicyclic) bond motifs is 1. The number of aliphatic hydroxyl groups excluding tert-OH is 1. The molecular weight excluding hydrogens is 588 g/mol. The molecule has 9 nitrogen and oxygen atoms in total. The molecule has 0 radical (unpaired) electrons. The van der Waals surface area contributed by atoms with Gasteiger partial charge in [0.1, 0.15) is 0 Å². The molecule has 1 aliphatic heterocycles. The van der Waals surface area contributed by atoms with Crippen molar-refractivity contribution in [2.75, 3.05) is 32.7 Å². The summed E-state index contributed by atoms with van der Waals surface area (Å²) in [6.07, 6.45) is 6.42. The molecule has 2 amide bonds. The zero-order valence-corrected chi connectivity index (χ0v) is 27.0. The monoisotopic (exact) mass is 632 g/mol. The van der Waals surface area contributed by atoms with Gasteiger partial charge in [0.05, 0.1) is 23.6 Å². The van der Waals surface area contributed by atoms with Crippen LogP contribution in [0.15, 0.2) is 77.7 Å². The van der Waals surface area contributed by atoms with E-state index >= 15 is 0 Å². The predicted octanol–water partition coefficient (Wildman–Crippen LogP) is 3.83. The average molecular weight is 633 g/mol. The Bertz CT molecular complexity index is 1580. The van der Waals surface area contributed by atoms with Gasteiger partial charge in [-0.05, 0) is 66.7 Å². The number of aliphatic hydroxyl groups is 1. The van der Waals surface area contributed by atoms with E-state index in [-0.39, 0.29) is 55.6 Å². The summed E-state index contributed by atoms with van der Waals surface area (Å²) < 4.78 is 29.4. The Morgan fingerprint density at radius 3 is 2.31 bits per heavy atom. The summed E-state index contributed by atoms with van der Waals surface area (Å²) in [5.41, 5.74) is 3.58. The van der Waals surface area contributed by atoms with Crippen LogP contribution in [0.4, 0.5) is 0 Å². The first kappa shape index (κ1) is 34.1. The largest absolute Gasteiger partial charge is 0.390 e. The summed E-state index contributed by atoms with van der Waals surface area (Å²) in [6.45, 7) is 5.39. The van der Waals surface area contributed by atoms with Gasteiger partial charge in [0, 0.05) is 25.9 Å². The van der Waals surface area contributed by atoms with E-state index in [4.69, 9.17) is 6.42 Å². The number of hydrogen-bond acceptors (Lipinski definition) is 6. The number of terminal acetylenes is 1. The number of likely N-dealkylation sites (tertiary alicyclic amines) is 1. The molecule has 1 heterocycles. The summed E-state index contributed by atoms with van der Waals surface area (Å²) in [5, 5.41) is 14.8. The molecule has 3 aromatic rings. The van der Waals surface area contributed by atoms with Crippen molar-refractivity contribution in [2.45, 2.75) is 63.0 Å². The molecule has 240 valence electrons. The highest BCUT2D eigenvalue weighted by Crippen LogP contribution is 2.24. The molecule has 45 heavy (non-hydrogen) atoms. The molecule has 0 aromatic heterocycles. The van der Waals surface area contributed by atoms with Gasteiger partial charge in [0.25, 0.3) is 5.91 Å². The number of nitrogens with one attached hydrogen (secondary N) is 1. The number of sulfonamides is 1. The van der Waals surface area contributed by atoms with E-state index in [9.17, 15) is 23.1 Å². The standard InChI is InChI=1S/C35H44N4O5S/c1-4-5-17-35(42)39(36-34(41)26-37-20-11-12-21-37)32(22-28-13-7-6-8-14-28)33(40)25-38(24-27(2)3)45(43,44)31-19-18-29-15-9-10-16-30(29)23-31/h1,6-10,13-16,18-19,23,27,32-33,40H,5,11-12,17,20-22,24-26H2,2-3H3,(H,36,41)/t32-,33+/m0/s1. The maximum absolute atomic E-state index is 14.1. The van der Waals surface area contributed by atoms with Crippen LogP contribution in [-0.4, -0.2) is 84.4 Å². The van der Waals surface area contributed by atoms with E-state index in [1.165, 1.54) is 9.31 Å². The molecule has 0 aliphatic carbocycles. The van der Waals surface area contributed by atoms with E-state index < -0.39 is 28.1 Å². The van der Waals surface area contributed by atoms with E-state index in [1.54, 1.807) is 18.2 Å². The Morgan fingerprint density at radius 2 is 1.64 bits per heavy atom. The van der Waals surface area contributed by atoms with Crippen molar-refractivity contribution in [1.82, 2.24) is 19.6 Å². The topological polar surface area (TPSA) is 110 Å². The van der Waals surface area contributed by atoms with Gasteiger partial charge in [-0.25, -0.2) is 13.4 Å². The number of carbonyl (C=O) groups is 2. The lowest BCUT2D eigenvalue weighted by molar-refractivity contribution is -0.148. The summed E-state index contributed by atoms with van der Waals surface area (Å²) in [7, 11) is -4.04. The number of hydrazine groups is 1. The third-order valence-electron chi connectivity index (χ3n) is 7.94. The molecule has 10 heteroatoms. The Labute approximate surface area is 267 Å². The van der Waals surface area contributed by atoms with Gasteiger partial charge < -0.3 is 5.11 Å². The lowest BCUT2D eigenvalue weighted by Gasteiger charge is -2.37. The Morgan fingerprint density at radius 1 is 0.978 bits per heavy atom. The zero-order chi connectivity index (χ0) is 32.4. The fraction of sp³-hybridized carbons (Fsp3) is 0.429. The average Bonchev–Trinajstić information content (AvgIpc) is 3.54. The zero-order valence-electron chi connectivity index (χ0n) is 26.1. The number of hydrogen-bond donors (Lipinski definition) is 2. The van der Waals surface area contributed by atoms with Crippen molar-refractivity contribution in [2.24, 2.45) is 5.92 Å². The van der Waals surface area contributed by atoms with Crippen LogP contribution >= 0.6 is 0 Å². The van der Waals surface area contributed by atoms with E-state index in [0.717, 1.165) is 42.3 Å². The van der Waals surface area contributed by atoms with Gasteiger partial charge in [-0.3, -0.25) is 19.9 Å². The molecule has 0 saturated carbocycles. The van der Waals surface area contributed by atoms with Gasteiger partial charge in [-0.2, -0.15) is 4.31 Å². The smallest absolute Gasteiger partial charge is 0.252 e. The quantitative estimate of drug-likeness (QED) is 0.207. The van der Waals surface area contributed by atoms with Crippen LogP contribution in [-0.2, 0) is 26.0 Å². The maximum atomic E-state index is 14.1. The van der Waals surface area contributed by atoms with Crippen molar-refractivity contribution in [3.63, 3.8) is 0 Å². The highest BCUT2D eigenvalue weighted by Gasteiger charge is 2.36. The minimum absolute atomic E-state index is 0.0381. The minimum Gasteiger partial charge on any atom is -0.390 e. The molecule has 2 N–H and O–H groups in total. The van der Waals surface area contributed by atoms with Crippen molar-refractivity contribution in [3.8, 4) is 12.3 Å². The molecule has 2 atom stereocenters. The van der Waals surface area contributed by atoms with Crippen molar-refractivity contribution < 1.29 is 23.1 Å². The van der Waals surface area contributed by atoms with E-state index in [0.29, 0.717) is 0 Å². The number of rotatable bonds is 14. The van der Waals surface area contributed by atoms with Crippen molar-refractivity contribution in [3.05, 3.63) is 78.4 Å². The Kier molecular flexibility index (Phi) is 12.1. The molecule has 1 fully saturated rings. The predicted molar refractivity (Wildman–Crippen MR) is 176 cm³/mol. The van der Waals surface area contributed by atoms with E-state index in [2.05, 4.69) is 11.3 Å². The number of amides is 2. The van der Waals surface area contributed by atoms with Crippen LogP contribution in [0.1, 0.15) is 45.1 Å². The molecule has 0 unspecified atom stereocenters. The van der Waals surface area contributed by atoms with Gasteiger partial charge in [-0.1, -0.05) is 74.5 Å². The van der Waals surface area contributed by atoms with Gasteiger partial charge in [0.15, 0.2) is 0 Å². The first-order chi connectivity index (χ1) is 21.6. The molecule has 0 bridgehead atoms. The second-order valence-corrected chi connectivity index (χ2v) is 14.0. The summed E-state index contributed by atoms with van der Waals surface area (Å²) in [5.74, 6) is 1.60. The van der Waals surface area contributed by atoms with Gasteiger partial charge in [0.2, 0.25) is 15.9 Å². The lowest BCUT2D eigenvalue weighted by Crippen LogP contribution is -2.60. The fourth-order valence-corrected chi connectivity index (χ4v) is 7.34. The van der Waals surface area contributed by atoms with Crippen LogP contribution in [0, 0.1) is 18.3 Å². The fourth-order valence-electron chi connectivity index (χ4n) is 5.68. The van der Waals surface area contributed by atoms with Gasteiger partial charge >= 0.3 is 0 Å². The molecule has 4 rings (SSSR count). The first-order valence-corrected chi connectivity index (χ1v) is 17.0. The van der Waals surface area contributed by atoms with Crippen LogP contribution in [0.2, 0.25) is 0 Å². The summed E-state index contributed by atoms with van der Waals surface area (Å²) >= 11 is 0. The van der Waals surface area contributed by atoms with Crippen molar-refractivity contribution in [1.29, 1.82) is 0 Å². The number of carbonyl (C=O) groups excluding carboxylic acids is 2.